The lowest BCUT2D eigenvalue weighted by molar-refractivity contribution is -0.135. The second kappa shape index (κ2) is 3.70. The van der Waals surface area contributed by atoms with Gasteiger partial charge in [-0.1, -0.05) is 19.8 Å². The summed E-state index contributed by atoms with van der Waals surface area (Å²) in [6.45, 7) is 3.51. The fraction of sp³-hybridized carbons (Fsp3) is 0.818. The van der Waals surface area contributed by atoms with Crippen LogP contribution < -0.4 is 0 Å². The molecule has 3 heteroatoms. The lowest BCUT2D eigenvalue weighted by Gasteiger charge is -2.41. The van der Waals surface area contributed by atoms with E-state index in [1.165, 1.54) is 6.92 Å². The van der Waals surface area contributed by atoms with E-state index in [2.05, 4.69) is 13.0 Å². The summed E-state index contributed by atoms with van der Waals surface area (Å²) in [5.74, 6) is 0.412. The standard InChI is InChI=1S/C11H17NO2/c1-9-4-3-5-11(6-9,7-12)10(2,14)8-13/h8-9,14H,3-6H2,1-2H3. The van der Waals surface area contributed by atoms with Crippen molar-refractivity contribution in [1.82, 2.24) is 0 Å². The van der Waals surface area contributed by atoms with Gasteiger partial charge in [0, 0.05) is 0 Å². The van der Waals surface area contributed by atoms with Crippen molar-refractivity contribution in [2.45, 2.75) is 45.1 Å². The molecule has 0 aromatic heterocycles. The van der Waals surface area contributed by atoms with Crippen LogP contribution >= 0.6 is 0 Å². The van der Waals surface area contributed by atoms with Gasteiger partial charge >= 0.3 is 0 Å². The average Bonchev–Trinajstić information content (AvgIpc) is 2.17. The monoisotopic (exact) mass is 195 g/mol. The predicted molar refractivity (Wildman–Crippen MR) is 52.4 cm³/mol. The molecule has 0 radical (unpaired) electrons. The third kappa shape index (κ3) is 1.67. The minimum Gasteiger partial charge on any atom is -0.381 e. The SMILES string of the molecule is CC1CCCC(C#N)(C(C)(O)C=O)C1. The van der Waals surface area contributed by atoms with Gasteiger partial charge in [0.25, 0.3) is 0 Å². The topological polar surface area (TPSA) is 61.1 Å². The molecule has 1 fully saturated rings. The fourth-order valence-electron chi connectivity index (χ4n) is 2.34. The van der Waals surface area contributed by atoms with E-state index in [1.54, 1.807) is 0 Å². The zero-order valence-corrected chi connectivity index (χ0v) is 8.79. The van der Waals surface area contributed by atoms with Crippen LogP contribution in [0.25, 0.3) is 0 Å². The van der Waals surface area contributed by atoms with Crippen molar-refractivity contribution in [3.8, 4) is 6.07 Å². The first-order valence-electron chi connectivity index (χ1n) is 5.07. The molecule has 1 aliphatic rings. The summed E-state index contributed by atoms with van der Waals surface area (Å²) in [6.07, 6.45) is 3.75. The Hall–Kier alpha value is -0.880. The molecule has 1 aliphatic carbocycles. The molecular formula is C11H17NO2. The second-order valence-corrected chi connectivity index (χ2v) is 4.66. The van der Waals surface area contributed by atoms with E-state index in [4.69, 9.17) is 5.26 Å². The average molecular weight is 195 g/mol. The van der Waals surface area contributed by atoms with Crippen molar-refractivity contribution in [1.29, 1.82) is 5.26 Å². The van der Waals surface area contributed by atoms with Crippen molar-refractivity contribution in [3.05, 3.63) is 0 Å². The minimum absolute atomic E-state index is 0.412. The summed E-state index contributed by atoms with van der Waals surface area (Å²) in [6, 6.07) is 2.16. The smallest absolute Gasteiger partial charge is 0.152 e. The molecule has 1 saturated carbocycles. The molecule has 0 bridgehead atoms. The van der Waals surface area contributed by atoms with Gasteiger partial charge < -0.3 is 9.90 Å². The number of aldehydes is 1. The molecule has 1 rings (SSSR count). The Morgan fingerprint density at radius 1 is 1.71 bits per heavy atom. The molecular weight excluding hydrogens is 178 g/mol. The first kappa shape index (κ1) is 11.2. The molecule has 0 saturated heterocycles. The largest absolute Gasteiger partial charge is 0.381 e. The molecule has 0 aliphatic heterocycles. The maximum atomic E-state index is 10.8. The number of rotatable bonds is 2. The number of nitrogens with zero attached hydrogens (tertiary/aromatic N) is 1. The molecule has 78 valence electrons. The van der Waals surface area contributed by atoms with Crippen LogP contribution in [-0.4, -0.2) is 17.0 Å². The van der Waals surface area contributed by atoms with E-state index in [1.807, 2.05) is 0 Å². The number of nitriles is 1. The van der Waals surface area contributed by atoms with Crippen LogP contribution in [0.15, 0.2) is 0 Å². The van der Waals surface area contributed by atoms with E-state index in [9.17, 15) is 9.90 Å². The summed E-state index contributed by atoms with van der Waals surface area (Å²) in [4.78, 5) is 10.8. The molecule has 0 heterocycles. The molecule has 14 heavy (non-hydrogen) atoms. The van der Waals surface area contributed by atoms with Crippen LogP contribution in [-0.2, 0) is 4.79 Å². The molecule has 3 nitrogen and oxygen atoms in total. The molecule has 1 N–H and O–H groups in total. The van der Waals surface area contributed by atoms with Crippen LogP contribution in [0.2, 0.25) is 0 Å². The summed E-state index contributed by atoms with van der Waals surface area (Å²) < 4.78 is 0. The van der Waals surface area contributed by atoms with Gasteiger partial charge in [-0.25, -0.2) is 0 Å². The third-order valence-corrected chi connectivity index (χ3v) is 3.41. The van der Waals surface area contributed by atoms with Gasteiger partial charge in [0.1, 0.15) is 5.60 Å². The van der Waals surface area contributed by atoms with E-state index >= 15 is 0 Å². The summed E-state index contributed by atoms with van der Waals surface area (Å²) in [7, 11) is 0. The van der Waals surface area contributed by atoms with E-state index in [-0.39, 0.29) is 0 Å². The van der Waals surface area contributed by atoms with E-state index in [0.717, 1.165) is 12.8 Å². The lowest BCUT2D eigenvalue weighted by atomic mass is 9.63. The summed E-state index contributed by atoms with van der Waals surface area (Å²) in [5.41, 5.74) is -2.37. The Kier molecular flexibility index (Phi) is 2.96. The molecule has 0 amide bonds. The number of hydrogen-bond acceptors (Lipinski definition) is 3. The molecule has 0 aromatic rings. The lowest BCUT2D eigenvalue weighted by Crippen LogP contribution is -2.48. The molecule has 0 aromatic carbocycles. The maximum absolute atomic E-state index is 10.8. The Morgan fingerprint density at radius 2 is 2.36 bits per heavy atom. The Labute approximate surface area is 84.7 Å². The van der Waals surface area contributed by atoms with E-state index < -0.39 is 11.0 Å². The van der Waals surface area contributed by atoms with Crippen molar-refractivity contribution < 1.29 is 9.90 Å². The molecule has 0 spiro atoms. The van der Waals surface area contributed by atoms with Gasteiger partial charge in [-0.15, -0.1) is 0 Å². The van der Waals surface area contributed by atoms with Gasteiger partial charge in [-0.2, -0.15) is 5.26 Å². The van der Waals surface area contributed by atoms with Gasteiger partial charge in [-0.3, -0.25) is 0 Å². The van der Waals surface area contributed by atoms with Crippen LogP contribution in [0.1, 0.15) is 39.5 Å². The van der Waals surface area contributed by atoms with Crippen molar-refractivity contribution in [2.24, 2.45) is 11.3 Å². The first-order valence-corrected chi connectivity index (χ1v) is 5.07. The highest BCUT2D eigenvalue weighted by Crippen LogP contribution is 2.45. The van der Waals surface area contributed by atoms with Crippen LogP contribution in [0.4, 0.5) is 0 Å². The van der Waals surface area contributed by atoms with Gasteiger partial charge in [0.15, 0.2) is 6.29 Å². The number of carbonyl (C=O) groups excluding carboxylic acids is 1. The van der Waals surface area contributed by atoms with Gasteiger partial charge in [-0.05, 0) is 25.7 Å². The maximum Gasteiger partial charge on any atom is 0.152 e. The number of carbonyl (C=O) groups is 1. The third-order valence-electron chi connectivity index (χ3n) is 3.41. The normalized spacial score (nSPS) is 36.9. The zero-order chi connectivity index (χ0) is 10.8. The van der Waals surface area contributed by atoms with Gasteiger partial charge in [0.05, 0.1) is 11.5 Å². The summed E-state index contributed by atoms with van der Waals surface area (Å²) in [5, 5.41) is 19.1. The van der Waals surface area contributed by atoms with E-state index in [0.29, 0.717) is 25.0 Å². The van der Waals surface area contributed by atoms with Crippen molar-refractivity contribution in [3.63, 3.8) is 0 Å². The highest BCUT2D eigenvalue weighted by Gasteiger charge is 2.49. The quantitative estimate of drug-likeness (QED) is 0.681. The summed E-state index contributed by atoms with van der Waals surface area (Å²) >= 11 is 0. The minimum atomic E-state index is -1.50. The highest BCUT2D eigenvalue weighted by atomic mass is 16.3. The fourth-order valence-corrected chi connectivity index (χ4v) is 2.34. The first-order chi connectivity index (χ1) is 6.47. The van der Waals surface area contributed by atoms with Crippen LogP contribution in [0.3, 0.4) is 0 Å². The van der Waals surface area contributed by atoms with Crippen molar-refractivity contribution >= 4 is 6.29 Å². The van der Waals surface area contributed by atoms with Crippen molar-refractivity contribution in [2.75, 3.05) is 0 Å². The highest BCUT2D eigenvalue weighted by molar-refractivity contribution is 5.64. The number of hydrogen-bond donors (Lipinski definition) is 1. The predicted octanol–water partition coefficient (Wildman–Crippen LogP) is 1.66. The number of aliphatic hydroxyl groups is 1. The Morgan fingerprint density at radius 3 is 2.79 bits per heavy atom. The Bertz CT molecular complexity index is 267. The molecule has 3 atom stereocenters. The zero-order valence-electron chi connectivity index (χ0n) is 8.79. The van der Waals surface area contributed by atoms with Crippen LogP contribution in [0.5, 0.6) is 0 Å². The van der Waals surface area contributed by atoms with Gasteiger partial charge in [0.2, 0.25) is 0 Å². The molecule has 3 unspecified atom stereocenters. The Balaban J connectivity index is 2.97. The van der Waals surface area contributed by atoms with Crippen LogP contribution in [0, 0.1) is 22.7 Å². The second-order valence-electron chi connectivity index (χ2n) is 4.66.